The molecule has 0 aliphatic heterocycles. The van der Waals surface area contributed by atoms with Gasteiger partial charge in [-0.25, -0.2) is 10.7 Å². The van der Waals surface area contributed by atoms with E-state index in [0.29, 0.717) is 5.69 Å². The van der Waals surface area contributed by atoms with Crippen molar-refractivity contribution in [3.05, 3.63) is 23.5 Å². The molecule has 0 aliphatic rings. The molecule has 0 spiro atoms. The van der Waals surface area contributed by atoms with Crippen LogP contribution in [0.4, 0.5) is 0 Å². The molecule has 0 aromatic carbocycles. The Morgan fingerprint density at radius 2 is 2.29 bits per heavy atom. The second kappa shape index (κ2) is 4.26. The quantitative estimate of drug-likeness (QED) is 0.575. The molecule has 1 rings (SSSR count). The Morgan fingerprint density at radius 3 is 2.79 bits per heavy atom. The summed E-state index contributed by atoms with van der Waals surface area (Å²) in [5.41, 5.74) is 1.32. The molecule has 1 unspecified atom stereocenters. The van der Waals surface area contributed by atoms with Gasteiger partial charge in [0, 0.05) is 18.8 Å². The van der Waals surface area contributed by atoms with E-state index in [2.05, 4.69) is 9.57 Å². The molecule has 0 fully saturated rings. The largest absolute Gasteiger partial charge is 0.464 e. The number of methoxy groups -OCH3 is 1. The highest BCUT2D eigenvalue weighted by Gasteiger charge is 2.15. The van der Waals surface area contributed by atoms with Gasteiger partial charge in [0.15, 0.2) is 0 Å². The highest BCUT2D eigenvalue weighted by atomic mass is 16.6. The number of ether oxygens (including phenoxy) is 1. The minimum Gasteiger partial charge on any atom is -0.464 e. The van der Waals surface area contributed by atoms with E-state index in [-0.39, 0.29) is 12.1 Å². The molecule has 0 aliphatic carbocycles. The normalized spacial score (nSPS) is 12.6. The summed E-state index contributed by atoms with van der Waals surface area (Å²) in [5, 5.41) is 0. The lowest BCUT2D eigenvalue weighted by atomic mass is 10.2. The molecule has 0 saturated carbocycles. The number of carbonyl (C=O) groups is 1. The number of hydrogen-bond acceptors (Lipinski definition) is 4. The van der Waals surface area contributed by atoms with Gasteiger partial charge < -0.3 is 9.30 Å². The van der Waals surface area contributed by atoms with Gasteiger partial charge in [-0.3, -0.25) is 4.84 Å². The first kappa shape index (κ1) is 10.7. The number of aryl methyl sites for hydroxylation is 1. The van der Waals surface area contributed by atoms with Crippen molar-refractivity contribution in [2.75, 3.05) is 7.11 Å². The van der Waals surface area contributed by atoms with Gasteiger partial charge >= 0.3 is 5.97 Å². The SMILES string of the molecule is COC(=O)c1cc(C(C)ON)cn1C. The van der Waals surface area contributed by atoms with E-state index in [0.717, 1.165) is 5.56 Å². The van der Waals surface area contributed by atoms with E-state index in [1.54, 1.807) is 30.8 Å². The molecule has 1 heterocycles. The number of nitrogens with zero attached hydrogens (tertiary/aromatic N) is 1. The molecule has 2 N–H and O–H groups in total. The van der Waals surface area contributed by atoms with Gasteiger partial charge in [0.2, 0.25) is 0 Å². The van der Waals surface area contributed by atoms with Crippen LogP contribution in [0, 0.1) is 0 Å². The van der Waals surface area contributed by atoms with E-state index >= 15 is 0 Å². The van der Waals surface area contributed by atoms with Crippen LogP contribution >= 0.6 is 0 Å². The lowest BCUT2D eigenvalue weighted by Gasteiger charge is -2.03. The standard InChI is InChI=1S/C9H14N2O3/c1-6(14-10)7-4-8(9(12)13-3)11(2)5-7/h4-6H,10H2,1-3H3. The van der Waals surface area contributed by atoms with Gasteiger partial charge in [0.25, 0.3) is 0 Å². The number of nitrogens with two attached hydrogens (primary N) is 1. The minimum atomic E-state index is -0.372. The van der Waals surface area contributed by atoms with Gasteiger partial charge in [-0.15, -0.1) is 0 Å². The zero-order chi connectivity index (χ0) is 10.7. The molecule has 14 heavy (non-hydrogen) atoms. The average Bonchev–Trinajstić information content (AvgIpc) is 2.58. The Bertz CT molecular complexity index is 333. The van der Waals surface area contributed by atoms with Gasteiger partial charge in [-0.2, -0.15) is 0 Å². The van der Waals surface area contributed by atoms with E-state index < -0.39 is 0 Å². The maximum atomic E-state index is 11.2. The van der Waals surface area contributed by atoms with Crippen LogP contribution < -0.4 is 5.90 Å². The Labute approximate surface area is 82.4 Å². The summed E-state index contributed by atoms with van der Waals surface area (Å²) in [6.45, 7) is 1.80. The maximum absolute atomic E-state index is 11.2. The Balaban J connectivity index is 2.98. The van der Waals surface area contributed by atoms with Gasteiger partial charge in [-0.05, 0) is 13.0 Å². The number of aromatic nitrogens is 1. The topological polar surface area (TPSA) is 66.5 Å². The van der Waals surface area contributed by atoms with Crippen LogP contribution in [0.5, 0.6) is 0 Å². The second-order valence-electron chi connectivity index (χ2n) is 3.04. The maximum Gasteiger partial charge on any atom is 0.354 e. The zero-order valence-electron chi connectivity index (χ0n) is 8.48. The molecule has 1 atom stereocenters. The molecular weight excluding hydrogens is 184 g/mol. The molecule has 1 aromatic rings. The number of carbonyl (C=O) groups excluding carboxylic acids is 1. The third-order valence-electron chi connectivity index (χ3n) is 2.09. The summed E-state index contributed by atoms with van der Waals surface area (Å²) >= 11 is 0. The van der Waals surface area contributed by atoms with Crippen molar-refractivity contribution < 1.29 is 14.4 Å². The molecular formula is C9H14N2O3. The van der Waals surface area contributed by atoms with E-state index in [9.17, 15) is 4.79 Å². The number of hydrogen-bond donors (Lipinski definition) is 1. The van der Waals surface area contributed by atoms with Gasteiger partial charge in [-0.1, -0.05) is 0 Å². The van der Waals surface area contributed by atoms with Crippen molar-refractivity contribution in [1.29, 1.82) is 0 Å². The van der Waals surface area contributed by atoms with Gasteiger partial charge in [0.05, 0.1) is 7.11 Å². The summed E-state index contributed by atoms with van der Waals surface area (Å²) in [7, 11) is 3.11. The lowest BCUT2D eigenvalue weighted by Crippen LogP contribution is -2.06. The third-order valence-corrected chi connectivity index (χ3v) is 2.09. The zero-order valence-corrected chi connectivity index (χ0v) is 8.48. The van der Waals surface area contributed by atoms with E-state index in [4.69, 9.17) is 5.90 Å². The van der Waals surface area contributed by atoms with E-state index in [1.807, 2.05) is 0 Å². The molecule has 1 aromatic heterocycles. The fourth-order valence-corrected chi connectivity index (χ4v) is 1.20. The van der Waals surface area contributed by atoms with Crippen molar-refractivity contribution in [1.82, 2.24) is 4.57 Å². The highest BCUT2D eigenvalue weighted by Crippen LogP contribution is 2.17. The van der Waals surface area contributed by atoms with Crippen LogP contribution in [0.15, 0.2) is 12.3 Å². The summed E-state index contributed by atoms with van der Waals surface area (Å²) in [6.07, 6.45) is 1.55. The number of rotatable bonds is 3. The molecule has 0 bridgehead atoms. The molecule has 78 valence electrons. The summed E-state index contributed by atoms with van der Waals surface area (Å²) in [4.78, 5) is 15.9. The van der Waals surface area contributed by atoms with Crippen LogP contribution in [0.25, 0.3) is 0 Å². The van der Waals surface area contributed by atoms with Gasteiger partial charge in [0.1, 0.15) is 11.8 Å². The summed E-state index contributed by atoms with van der Waals surface area (Å²) in [6, 6.07) is 1.70. The molecule has 5 heteroatoms. The van der Waals surface area contributed by atoms with Crippen molar-refractivity contribution in [2.45, 2.75) is 13.0 Å². The Hall–Kier alpha value is -1.33. The first-order valence-electron chi connectivity index (χ1n) is 4.20. The number of esters is 1. The second-order valence-corrected chi connectivity index (χ2v) is 3.04. The van der Waals surface area contributed by atoms with E-state index in [1.165, 1.54) is 7.11 Å². The Kier molecular flexibility index (Phi) is 3.27. The molecule has 0 radical (unpaired) electrons. The average molecular weight is 198 g/mol. The first-order valence-corrected chi connectivity index (χ1v) is 4.20. The van der Waals surface area contributed by atoms with Crippen molar-refractivity contribution in [3.63, 3.8) is 0 Å². The highest BCUT2D eigenvalue weighted by molar-refractivity contribution is 5.87. The van der Waals surface area contributed by atoms with Crippen LogP contribution in [-0.4, -0.2) is 17.6 Å². The summed E-state index contributed by atoms with van der Waals surface area (Å²) in [5.74, 6) is 4.67. The predicted molar refractivity (Wildman–Crippen MR) is 50.4 cm³/mol. The van der Waals surface area contributed by atoms with Crippen molar-refractivity contribution >= 4 is 5.97 Å². The Morgan fingerprint density at radius 1 is 1.64 bits per heavy atom. The fourth-order valence-electron chi connectivity index (χ4n) is 1.20. The lowest BCUT2D eigenvalue weighted by molar-refractivity contribution is 0.0589. The molecule has 5 nitrogen and oxygen atoms in total. The van der Waals surface area contributed by atoms with Crippen molar-refractivity contribution in [3.8, 4) is 0 Å². The third kappa shape index (κ3) is 1.94. The van der Waals surface area contributed by atoms with Crippen LogP contribution in [0.3, 0.4) is 0 Å². The summed E-state index contributed by atoms with van der Waals surface area (Å²) < 4.78 is 6.29. The molecule has 0 saturated heterocycles. The fraction of sp³-hybridized carbons (Fsp3) is 0.444. The minimum absolute atomic E-state index is 0.236. The van der Waals surface area contributed by atoms with Crippen molar-refractivity contribution in [2.24, 2.45) is 12.9 Å². The molecule has 0 amide bonds. The van der Waals surface area contributed by atoms with Crippen LogP contribution in [0.1, 0.15) is 29.1 Å². The van der Waals surface area contributed by atoms with Crippen LogP contribution in [-0.2, 0) is 16.6 Å². The monoisotopic (exact) mass is 198 g/mol. The smallest absolute Gasteiger partial charge is 0.354 e. The van der Waals surface area contributed by atoms with Crippen LogP contribution in [0.2, 0.25) is 0 Å². The first-order chi connectivity index (χ1) is 6.60. The predicted octanol–water partition coefficient (Wildman–Crippen LogP) is 0.763.